The van der Waals surface area contributed by atoms with E-state index < -0.39 is 34.9 Å². The second-order valence-electron chi connectivity index (χ2n) is 9.90. The van der Waals surface area contributed by atoms with E-state index in [-0.39, 0.29) is 71.6 Å². The monoisotopic (exact) mass is 550 g/mol. The first-order valence-electron chi connectivity index (χ1n) is 13.4. The lowest BCUT2D eigenvalue weighted by Crippen LogP contribution is -2.16. The lowest BCUT2D eigenvalue weighted by atomic mass is 9.75. The van der Waals surface area contributed by atoms with Crippen LogP contribution in [0.3, 0.4) is 0 Å². The van der Waals surface area contributed by atoms with Crippen molar-refractivity contribution < 1.29 is 35.8 Å². The quantitative estimate of drug-likeness (QED) is 0.235. The first kappa shape index (κ1) is 28.8. The van der Waals surface area contributed by atoms with Crippen molar-refractivity contribution in [1.82, 2.24) is 0 Å². The standard InChI is InChI=1S/C31H32F6O2/c1-3-17-39-25-15-12-21(27(33)30(25)36)10-9-20-11-13-22(28(34)26(20)32)18-5-7-19(8-6-18)23-14-16-24(38-4-2)31(37)29(23)35/h11-16,18-19H,3-10,17H2,1-2H3. The second kappa shape index (κ2) is 12.8. The van der Waals surface area contributed by atoms with Crippen molar-refractivity contribution in [3.8, 4) is 11.5 Å². The molecule has 210 valence electrons. The van der Waals surface area contributed by atoms with Gasteiger partial charge in [0.15, 0.2) is 34.8 Å². The summed E-state index contributed by atoms with van der Waals surface area (Å²) in [5, 5.41) is 0. The van der Waals surface area contributed by atoms with Crippen molar-refractivity contribution in [2.24, 2.45) is 0 Å². The van der Waals surface area contributed by atoms with Gasteiger partial charge in [0.1, 0.15) is 0 Å². The predicted molar refractivity (Wildman–Crippen MR) is 137 cm³/mol. The van der Waals surface area contributed by atoms with Gasteiger partial charge >= 0.3 is 0 Å². The van der Waals surface area contributed by atoms with Gasteiger partial charge in [0.2, 0.25) is 11.6 Å². The Morgan fingerprint density at radius 2 is 1.00 bits per heavy atom. The van der Waals surface area contributed by atoms with E-state index in [0.29, 0.717) is 32.1 Å². The molecule has 0 unspecified atom stereocenters. The van der Waals surface area contributed by atoms with Gasteiger partial charge in [-0.05, 0) is 98.1 Å². The summed E-state index contributed by atoms with van der Waals surface area (Å²) in [5.74, 6) is -6.83. The molecule has 0 saturated heterocycles. The largest absolute Gasteiger partial charge is 0.491 e. The predicted octanol–water partition coefficient (Wildman–Crippen LogP) is 8.94. The summed E-state index contributed by atoms with van der Waals surface area (Å²) in [6.07, 6.45) is 2.61. The van der Waals surface area contributed by atoms with Crippen LogP contribution >= 0.6 is 0 Å². The molecule has 0 radical (unpaired) electrons. The molecule has 4 rings (SSSR count). The maximum Gasteiger partial charge on any atom is 0.200 e. The topological polar surface area (TPSA) is 18.5 Å². The van der Waals surface area contributed by atoms with Gasteiger partial charge in [-0.2, -0.15) is 8.78 Å². The second-order valence-corrected chi connectivity index (χ2v) is 9.90. The molecule has 2 nitrogen and oxygen atoms in total. The molecule has 0 atom stereocenters. The first-order valence-corrected chi connectivity index (χ1v) is 13.4. The van der Waals surface area contributed by atoms with Gasteiger partial charge in [-0.25, -0.2) is 17.6 Å². The van der Waals surface area contributed by atoms with Crippen LogP contribution in [0.25, 0.3) is 0 Å². The molecule has 8 heteroatoms. The molecular formula is C31H32F6O2. The highest BCUT2D eigenvalue weighted by atomic mass is 19.2. The Balaban J connectivity index is 1.41. The molecule has 1 fully saturated rings. The molecule has 0 heterocycles. The Hall–Kier alpha value is -3.16. The third-order valence-corrected chi connectivity index (χ3v) is 7.43. The van der Waals surface area contributed by atoms with E-state index in [2.05, 4.69) is 0 Å². The molecular weight excluding hydrogens is 518 g/mol. The molecule has 0 N–H and O–H groups in total. The van der Waals surface area contributed by atoms with Gasteiger partial charge < -0.3 is 9.47 Å². The molecule has 39 heavy (non-hydrogen) atoms. The zero-order chi connectivity index (χ0) is 28.1. The number of hydrogen-bond acceptors (Lipinski definition) is 2. The molecule has 0 amide bonds. The SMILES string of the molecule is CCCOc1ccc(CCc2ccc(C3CCC(c4ccc(OCC)c(F)c4F)CC3)c(F)c2F)c(F)c1F. The van der Waals surface area contributed by atoms with Crippen molar-refractivity contribution in [1.29, 1.82) is 0 Å². The van der Waals surface area contributed by atoms with Crippen LogP contribution in [0.2, 0.25) is 0 Å². The molecule has 1 saturated carbocycles. The van der Waals surface area contributed by atoms with Crippen molar-refractivity contribution in [2.45, 2.75) is 70.6 Å². The summed E-state index contributed by atoms with van der Waals surface area (Å²) in [7, 11) is 0. The molecule has 0 aliphatic heterocycles. The minimum Gasteiger partial charge on any atom is -0.491 e. The fourth-order valence-electron chi connectivity index (χ4n) is 5.31. The van der Waals surface area contributed by atoms with Crippen molar-refractivity contribution >= 4 is 0 Å². The normalized spacial score (nSPS) is 17.3. The van der Waals surface area contributed by atoms with Crippen LogP contribution in [0.4, 0.5) is 26.3 Å². The fourth-order valence-corrected chi connectivity index (χ4v) is 5.31. The molecule has 1 aliphatic rings. The van der Waals surface area contributed by atoms with Crippen LogP contribution < -0.4 is 9.47 Å². The average Bonchev–Trinajstić information content (AvgIpc) is 2.94. The maximum atomic E-state index is 15.1. The zero-order valence-electron chi connectivity index (χ0n) is 22.1. The van der Waals surface area contributed by atoms with Gasteiger partial charge in [-0.15, -0.1) is 0 Å². The van der Waals surface area contributed by atoms with E-state index in [1.54, 1.807) is 6.92 Å². The molecule has 3 aromatic rings. The minimum absolute atomic E-state index is 0.0100. The summed E-state index contributed by atoms with van der Waals surface area (Å²) in [6.45, 7) is 4.01. The lowest BCUT2D eigenvalue weighted by Gasteiger charge is -2.30. The van der Waals surface area contributed by atoms with Crippen LogP contribution in [0.15, 0.2) is 36.4 Å². The summed E-state index contributed by atoms with van der Waals surface area (Å²) >= 11 is 0. The fraction of sp³-hybridized carbons (Fsp3) is 0.419. The van der Waals surface area contributed by atoms with E-state index in [1.807, 2.05) is 6.92 Å². The Labute approximate surface area is 225 Å². The van der Waals surface area contributed by atoms with Gasteiger partial charge in [0.25, 0.3) is 0 Å². The Bertz CT molecular complexity index is 1300. The maximum absolute atomic E-state index is 15.1. The highest BCUT2D eigenvalue weighted by Crippen LogP contribution is 2.43. The van der Waals surface area contributed by atoms with E-state index in [0.717, 1.165) is 0 Å². The molecule has 0 spiro atoms. The summed E-state index contributed by atoms with van der Waals surface area (Å²) in [6, 6.07) is 8.70. The first-order chi connectivity index (χ1) is 18.8. The summed E-state index contributed by atoms with van der Waals surface area (Å²) in [5.41, 5.74) is 0.632. The molecule has 3 aromatic carbocycles. The number of benzene rings is 3. The van der Waals surface area contributed by atoms with Gasteiger partial charge in [-0.1, -0.05) is 31.2 Å². The summed E-state index contributed by atoms with van der Waals surface area (Å²) < 4.78 is 98.0. The number of hydrogen-bond donors (Lipinski definition) is 0. The van der Waals surface area contributed by atoms with Crippen LogP contribution in [-0.2, 0) is 12.8 Å². The number of halogens is 6. The van der Waals surface area contributed by atoms with E-state index in [4.69, 9.17) is 9.47 Å². The third kappa shape index (κ3) is 6.20. The highest BCUT2D eigenvalue weighted by Gasteiger charge is 2.29. The average molecular weight is 551 g/mol. The van der Waals surface area contributed by atoms with Gasteiger partial charge in [-0.3, -0.25) is 0 Å². The summed E-state index contributed by atoms with van der Waals surface area (Å²) in [4.78, 5) is 0. The van der Waals surface area contributed by atoms with Gasteiger partial charge in [0.05, 0.1) is 13.2 Å². The van der Waals surface area contributed by atoms with Gasteiger partial charge in [0, 0.05) is 0 Å². The van der Waals surface area contributed by atoms with Crippen molar-refractivity contribution in [3.63, 3.8) is 0 Å². The zero-order valence-corrected chi connectivity index (χ0v) is 22.1. The van der Waals surface area contributed by atoms with Crippen LogP contribution in [-0.4, -0.2) is 13.2 Å². The lowest BCUT2D eigenvalue weighted by molar-refractivity contribution is 0.294. The van der Waals surface area contributed by atoms with Crippen LogP contribution in [0.1, 0.15) is 80.0 Å². The van der Waals surface area contributed by atoms with Crippen LogP contribution in [0.5, 0.6) is 11.5 Å². The van der Waals surface area contributed by atoms with E-state index in [9.17, 15) is 22.0 Å². The molecule has 1 aliphatic carbocycles. The molecule has 0 bridgehead atoms. The van der Waals surface area contributed by atoms with Crippen molar-refractivity contribution in [2.75, 3.05) is 13.2 Å². The smallest absolute Gasteiger partial charge is 0.200 e. The number of aryl methyl sites for hydroxylation is 2. The highest BCUT2D eigenvalue weighted by molar-refractivity contribution is 5.35. The van der Waals surface area contributed by atoms with Crippen LogP contribution in [0, 0.1) is 34.9 Å². The minimum atomic E-state index is -1.09. The molecule has 0 aromatic heterocycles. The third-order valence-electron chi connectivity index (χ3n) is 7.43. The Morgan fingerprint density at radius 1 is 0.564 bits per heavy atom. The van der Waals surface area contributed by atoms with Crippen molar-refractivity contribution in [3.05, 3.63) is 93.6 Å². The van der Waals surface area contributed by atoms with E-state index >= 15 is 4.39 Å². The number of ether oxygens (including phenoxy) is 2. The van der Waals surface area contributed by atoms with E-state index in [1.165, 1.54) is 36.4 Å². The Morgan fingerprint density at radius 3 is 1.56 bits per heavy atom. The number of rotatable bonds is 10. The Kier molecular flexibility index (Phi) is 9.46.